The van der Waals surface area contributed by atoms with E-state index < -0.39 is 10.0 Å². The Balaban J connectivity index is 2.34. The van der Waals surface area contributed by atoms with Crippen LogP contribution in [0.2, 0.25) is 0 Å². The number of benzene rings is 1. The number of nitrogens with one attached hydrogen (secondary N) is 1. The van der Waals surface area contributed by atoms with Gasteiger partial charge in [0.1, 0.15) is 12.4 Å². The fraction of sp³-hybridized carbons (Fsp3) is 0.133. The van der Waals surface area contributed by atoms with Crippen LogP contribution < -0.4 is 4.72 Å². The summed E-state index contributed by atoms with van der Waals surface area (Å²) in [7, 11) is -3.73. The van der Waals surface area contributed by atoms with Gasteiger partial charge >= 0.3 is 0 Å². The van der Waals surface area contributed by atoms with Crippen LogP contribution >= 0.6 is 0 Å². The lowest BCUT2D eigenvalue weighted by atomic mass is 10.2. The first kappa shape index (κ1) is 15.0. The number of rotatable bonds is 3. The fourth-order valence-corrected chi connectivity index (χ4v) is 2.79. The summed E-state index contributed by atoms with van der Waals surface area (Å²) in [6.07, 6.45) is 1.52. The Morgan fingerprint density at radius 2 is 2.10 bits per heavy atom. The Labute approximate surface area is 123 Å². The van der Waals surface area contributed by atoms with Crippen LogP contribution in [0.4, 0.5) is 5.82 Å². The van der Waals surface area contributed by atoms with Crippen molar-refractivity contribution in [3.8, 4) is 11.8 Å². The van der Waals surface area contributed by atoms with Gasteiger partial charge in [-0.1, -0.05) is 24.0 Å². The molecule has 0 aliphatic heterocycles. The number of hydrogen-bond donors (Lipinski definition) is 2. The van der Waals surface area contributed by atoms with Gasteiger partial charge in [-0.3, -0.25) is 4.72 Å². The zero-order valence-electron chi connectivity index (χ0n) is 11.4. The van der Waals surface area contributed by atoms with Gasteiger partial charge in [0.15, 0.2) is 0 Å². The van der Waals surface area contributed by atoms with Crippen molar-refractivity contribution in [2.45, 2.75) is 11.8 Å². The lowest BCUT2D eigenvalue weighted by molar-refractivity contribution is 0.350. The largest absolute Gasteiger partial charge is 0.384 e. The summed E-state index contributed by atoms with van der Waals surface area (Å²) < 4.78 is 27.1. The van der Waals surface area contributed by atoms with Gasteiger partial charge in [0.25, 0.3) is 10.0 Å². The van der Waals surface area contributed by atoms with E-state index in [-0.39, 0.29) is 11.5 Å². The molecule has 0 spiro atoms. The van der Waals surface area contributed by atoms with Gasteiger partial charge in [-0.2, -0.15) is 0 Å². The Kier molecular flexibility index (Phi) is 4.58. The standard InChI is InChI=1S/C15H14N2O3S/c1-12-5-3-9-16-15(12)17-21(19,20)14-8-2-6-13(11-14)7-4-10-18/h2-3,5-6,8-9,11,18H,10H2,1H3,(H,16,17). The second-order valence-corrected chi connectivity index (χ2v) is 5.94. The van der Waals surface area contributed by atoms with Crippen molar-refractivity contribution in [2.24, 2.45) is 0 Å². The zero-order valence-corrected chi connectivity index (χ0v) is 12.2. The predicted octanol–water partition coefficient (Wildman–Crippen LogP) is 1.53. The first-order valence-electron chi connectivity index (χ1n) is 6.17. The lowest BCUT2D eigenvalue weighted by Gasteiger charge is -2.09. The summed E-state index contributed by atoms with van der Waals surface area (Å²) >= 11 is 0. The van der Waals surface area contributed by atoms with Gasteiger partial charge in [0.2, 0.25) is 0 Å². The molecule has 0 saturated carbocycles. The van der Waals surface area contributed by atoms with E-state index >= 15 is 0 Å². The van der Waals surface area contributed by atoms with Gasteiger partial charge in [-0.25, -0.2) is 13.4 Å². The zero-order chi connectivity index (χ0) is 15.3. The maximum Gasteiger partial charge on any atom is 0.263 e. The van der Waals surface area contributed by atoms with Crippen LogP contribution in [0.1, 0.15) is 11.1 Å². The summed E-state index contributed by atoms with van der Waals surface area (Å²) in [5.74, 6) is 5.45. The molecule has 0 amide bonds. The van der Waals surface area contributed by atoms with E-state index in [1.165, 1.54) is 18.3 Å². The summed E-state index contributed by atoms with van der Waals surface area (Å²) in [6.45, 7) is 1.50. The third kappa shape index (κ3) is 3.81. The number of aromatic nitrogens is 1. The van der Waals surface area contributed by atoms with Gasteiger partial charge in [-0.15, -0.1) is 0 Å². The minimum atomic E-state index is -3.73. The van der Waals surface area contributed by atoms with Crippen molar-refractivity contribution in [1.29, 1.82) is 0 Å². The minimum Gasteiger partial charge on any atom is -0.384 e. The van der Waals surface area contributed by atoms with E-state index in [1.807, 2.05) is 0 Å². The van der Waals surface area contributed by atoms with Crippen molar-refractivity contribution in [3.05, 3.63) is 53.7 Å². The second kappa shape index (κ2) is 6.39. The van der Waals surface area contributed by atoms with Gasteiger partial charge in [0.05, 0.1) is 4.90 Å². The molecule has 0 aliphatic carbocycles. The van der Waals surface area contributed by atoms with Gasteiger partial charge < -0.3 is 5.11 Å². The molecule has 0 saturated heterocycles. The highest BCUT2D eigenvalue weighted by molar-refractivity contribution is 7.92. The highest BCUT2D eigenvalue weighted by Crippen LogP contribution is 2.17. The van der Waals surface area contributed by atoms with Crippen molar-refractivity contribution in [3.63, 3.8) is 0 Å². The lowest BCUT2D eigenvalue weighted by Crippen LogP contribution is -2.14. The van der Waals surface area contributed by atoms with E-state index in [0.717, 1.165) is 5.56 Å². The number of anilines is 1. The SMILES string of the molecule is Cc1cccnc1NS(=O)(=O)c1cccc(C#CCO)c1. The molecule has 1 aromatic carbocycles. The number of aliphatic hydroxyl groups excluding tert-OH is 1. The van der Waals surface area contributed by atoms with Crippen LogP contribution in [0.3, 0.4) is 0 Å². The van der Waals surface area contributed by atoms with Crippen molar-refractivity contribution < 1.29 is 13.5 Å². The number of sulfonamides is 1. The first-order chi connectivity index (χ1) is 10.0. The molecule has 6 heteroatoms. The number of hydrogen-bond acceptors (Lipinski definition) is 4. The van der Waals surface area contributed by atoms with Crippen molar-refractivity contribution in [2.75, 3.05) is 11.3 Å². The Morgan fingerprint density at radius 3 is 2.81 bits per heavy atom. The molecule has 2 aromatic rings. The summed E-state index contributed by atoms with van der Waals surface area (Å²) in [6, 6.07) is 9.70. The second-order valence-electron chi connectivity index (χ2n) is 4.26. The fourth-order valence-electron chi connectivity index (χ4n) is 1.66. The minimum absolute atomic E-state index is 0.0947. The van der Waals surface area contributed by atoms with Crippen LogP contribution in [-0.2, 0) is 10.0 Å². The molecule has 0 aliphatic rings. The average Bonchev–Trinajstić information content (AvgIpc) is 2.48. The molecular formula is C15H14N2O3S. The molecule has 108 valence electrons. The van der Waals surface area contributed by atoms with E-state index in [9.17, 15) is 8.42 Å². The molecule has 0 radical (unpaired) electrons. The molecule has 1 heterocycles. The highest BCUT2D eigenvalue weighted by Gasteiger charge is 2.15. The molecule has 21 heavy (non-hydrogen) atoms. The summed E-state index contributed by atoms with van der Waals surface area (Å²) in [4.78, 5) is 4.10. The van der Waals surface area contributed by atoms with E-state index in [4.69, 9.17) is 5.11 Å². The Bertz CT molecular complexity index is 805. The van der Waals surface area contributed by atoms with Crippen LogP contribution in [0, 0.1) is 18.8 Å². The third-order valence-corrected chi connectivity index (χ3v) is 4.03. The maximum absolute atomic E-state index is 12.3. The quantitative estimate of drug-likeness (QED) is 0.843. The Hall–Kier alpha value is -2.36. The van der Waals surface area contributed by atoms with E-state index in [1.54, 1.807) is 31.2 Å². The molecule has 0 fully saturated rings. The maximum atomic E-state index is 12.3. The van der Waals surface area contributed by atoms with E-state index in [0.29, 0.717) is 11.4 Å². The number of nitrogens with zero attached hydrogens (tertiary/aromatic N) is 1. The molecule has 0 unspecified atom stereocenters. The van der Waals surface area contributed by atoms with Crippen molar-refractivity contribution >= 4 is 15.8 Å². The summed E-state index contributed by atoms with van der Waals surface area (Å²) in [5, 5.41) is 8.67. The van der Waals surface area contributed by atoms with Crippen LogP contribution in [0.25, 0.3) is 0 Å². The van der Waals surface area contributed by atoms with Crippen LogP contribution in [-0.4, -0.2) is 25.1 Å². The molecule has 0 bridgehead atoms. The molecule has 0 atom stereocenters. The number of aliphatic hydroxyl groups is 1. The Morgan fingerprint density at radius 1 is 1.29 bits per heavy atom. The van der Waals surface area contributed by atoms with Crippen LogP contribution in [0.5, 0.6) is 0 Å². The molecule has 1 aromatic heterocycles. The molecule has 5 nitrogen and oxygen atoms in total. The first-order valence-corrected chi connectivity index (χ1v) is 7.65. The topological polar surface area (TPSA) is 79.3 Å². The molecular weight excluding hydrogens is 288 g/mol. The summed E-state index contributed by atoms with van der Waals surface area (Å²) in [5.41, 5.74) is 1.25. The van der Waals surface area contributed by atoms with E-state index in [2.05, 4.69) is 21.5 Å². The normalized spacial score (nSPS) is 10.6. The number of aryl methyl sites for hydroxylation is 1. The number of pyridine rings is 1. The van der Waals surface area contributed by atoms with Gasteiger partial charge in [-0.05, 0) is 36.8 Å². The molecule has 2 N–H and O–H groups in total. The third-order valence-electron chi connectivity index (χ3n) is 2.70. The van der Waals surface area contributed by atoms with Crippen molar-refractivity contribution in [1.82, 2.24) is 4.98 Å². The van der Waals surface area contributed by atoms with Crippen LogP contribution in [0.15, 0.2) is 47.5 Å². The predicted molar refractivity (Wildman–Crippen MR) is 80.2 cm³/mol. The average molecular weight is 302 g/mol. The molecule has 2 rings (SSSR count). The van der Waals surface area contributed by atoms with Gasteiger partial charge in [0, 0.05) is 11.8 Å². The monoisotopic (exact) mass is 302 g/mol. The highest BCUT2D eigenvalue weighted by atomic mass is 32.2. The smallest absolute Gasteiger partial charge is 0.263 e.